The van der Waals surface area contributed by atoms with Gasteiger partial charge in [0, 0.05) is 29.8 Å². The first-order valence-corrected chi connectivity index (χ1v) is 10.1. The van der Waals surface area contributed by atoms with Crippen LogP contribution in [0.15, 0.2) is 36.4 Å². The number of carbonyl (C=O) groups is 1. The molecule has 0 radical (unpaired) electrons. The van der Waals surface area contributed by atoms with Gasteiger partial charge < -0.3 is 9.88 Å². The molecule has 0 atom stereocenters. The second-order valence-corrected chi connectivity index (χ2v) is 7.90. The van der Waals surface area contributed by atoms with Gasteiger partial charge in [0.15, 0.2) is 5.82 Å². The van der Waals surface area contributed by atoms with Crippen molar-refractivity contribution in [1.29, 1.82) is 0 Å². The van der Waals surface area contributed by atoms with Crippen molar-refractivity contribution in [3.05, 3.63) is 62.9 Å². The van der Waals surface area contributed by atoms with E-state index in [0.717, 1.165) is 43.0 Å². The molecule has 3 aromatic rings. The van der Waals surface area contributed by atoms with E-state index < -0.39 is 0 Å². The van der Waals surface area contributed by atoms with Crippen LogP contribution in [0.4, 0.5) is 5.69 Å². The van der Waals surface area contributed by atoms with Crippen molar-refractivity contribution in [3.63, 3.8) is 0 Å². The van der Waals surface area contributed by atoms with E-state index in [-0.39, 0.29) is 5.91 Å². The van der Waals surface area contributed by atoms with Crippen LogP contribution in [0, 0.1) is 0 Å². The lowest BCUT2D eigenvalue weighted by molar-refractivity contribution is 0.102. The van der Waals surface area contributed by atoms with Crippen molar-refractivity contribution in [1.82, 2.24) is 14.8 Å². The molecule has 1 aliphatic heterocycles. The number of halogens is 3. The van der Waals surface area contributed by atoms with Crippen molar-refractivity contribution in [2.24, 2.45) is 0 Å². The fraction of sp³-hybridized carbons (Fsp3) is 0.250. The van der Waals surface area contributed by atoms with Gasteiger partial charge in [0.1, 0.15) is 5.82 Å². The number of nitrogens with zero attached hydrogens (tertiary/aromatic N) is 3. The molecule has 28 heavy (non-hydrogen) atoms. The van der Waals surface area contributed by atoms with Gasteiger partial charge >= 0.3 is 0 Å². The Bertz CT molecular complexity index is 1050. The number of hydrogen-bond donors (Lipinski definition) is 1. The van der Waals surface area contributed by atoms with Gasteiger partial charge in [-0.1, -0.05) is 41.2 Å². The molecule has 1 aliphatic rings. The summed E-state index contributed by atoms with van der Waals surface area (Å²) < 4.78 is 2.12. The largest absolute Gasteiger partial charge is 0.322 e. The fourth-order valence-electron chi connectivity index (χ4n) is 3.30. The molecule has 2 aromatic carbocycles. The fourth-order valence-corrected chi connectivity index (χ4v) is 3.80. The average Bonchev–Trinajstić information content (AvgIpc) is 2.93. The molecular formula is C20H17Cl3N4O. The summed E-state index contributed by atoms with van der Waals surface area (Å²) in [4.78, 5) is 12.6. The maximum Gasteiger partial charge on any atom is 0.255 e. The Morgan fingerprint density at radius 3 is 2.57 bits per heavy atom. The van der Waals surface area contributed by atoms with Gasteiger partial charge in [-0.05, 0) is 49.2 Å². The summed E-state index contributed by atoms with van der Waals surface area (Å²) in [6.45, 7) is 0.869. The normalized spacial score (nSPS) is 13.7. The van der Waals surface area contributed by atoms with Gasteiger partial charge in [0.05, 0.1) is 15.1 Å². The summed E-state index contributed by atoms with van der Waals surface area (Å²) in [5.41, 5.74) is 1.78. The van der Waals surface area contributed by atoms with Crippen LogP contribution in [0.25, 0.3) is 11.4 Å². The lowest BCUT2D eigenvalue weighted by atomic mass is 10.1. The maximum absolute atomic E-state index is 12.6. The topological polar surface area (TPSA) is 59.8 Å². The Hall–Kier alpha value is -2.08. The van der Waals surface area contributed by atoms with Crippen LogP contribution in [-0.4, -0.2) is 20.7 Å². The van der Waals surface area contributed by atoms with Gasteiger partial charge in [-0.2, -0.15) is 0 Å². The van der Waals surface area contributed by atoms with Crippen LogP contribution >= 0.6 is 34.8 Å². The molecule has 0 saturated heterocycles. The Morgan fingerprint density at radius 1 is 0.929 bits per heavy atom. The monoisotopic (exact) mass is 434 g/mol. The number of aromatic nitrogens is 3. The quantitative estimate of drug-likeness (QED) is 0.558. The minimum absolute atomic E-state index is 0.285. The first kappa shape index (κ1) is 19.2. The zero-order valence-electron chi connectivity index (χ0n) is 14.9. The zero-order valence-corrected chi connectivity index (χ0v) is 17.2. The van der Waals surface area contributed by atoms with Crippen LogP contribution < -0.4 is 5.32 Å². The Balaban J connectivity index is 1.63. The van der Waals surface area contributed by atoms with Gasteiger partial charge in [0.2, 0.25) is 0 Å². The average molecular weight is 436 g/mol. The lowest BCUT2D eigenvalue weighted by Gasteiger charge is -2.11. The Labute approximate surface area is 177 Å². The van der Waals surface area contributed by atoms with E-state index in [4.69, 9.17) is 34.8 Å². The molecule has 0 unspecified atom stereocenters. The second-order valence-electron chi connectivity index (χ2n) is 6.68. The number of rotatable bonds is 3. The van der Waals surface area contributed by atoms with Crippen molar-refractivity contribution in [2.45, 2.75) is 32.2 Å². The standard InChI is InChI=1S/C20H17Cl3N4O/c21-15-8-6-13(24-20(28)12-5-7-16(22)17(23)10-12)11-14(15)19-26-25-18-4-2-1-3-9-27(18)19/h5-8,10-11H,1-4,9H2,(H,24,28). The number of fused-ring (bicyclic) bond motifs is 1. The molecule has 2 heterocycles. The Morgan fingerprint density at radius 2 is 1.75 bits per heavy atom. The molecule has 0 saturated carbocycles. The molecule has 1 N–H and O–H groups in total. The SMILES string of the molecule is O=C(Nc1ccc(Cl)c(-c2nnc3n2CCCCC3)c1)c1ccc(Cl)c(Cl)c1. The highest BCUT2D eigenvalue weighted by Crippen LogP contribution is 2.31. The van der Waals surface area contributed by atoms with E-state index in [9.17, 15) is 4.79 Å². The summed E-state index contributed by atoms with van der Waals surface area (Å²) in [6, 6.07) is 10.1. The van der Waals surface area contributed by atoms with Crippen molar-refractivity contribution in [3.8, 4) is 11.4 Å². The van der Waals surface area contributed by atoms with Crippen LogP contribution in [0.1, 0.15) is 35.4 Å². The molecule has 0 spiro atoms. The van der Waals surface area contributed by atoms with Crippen molar-refractivity contribution >= 4 is 46.4 Å². The highest BCUT2D eigenvalue weighted by atomic mass is 35.5. The predicted molar refractivity (Wildman–Crippen MR) is 112 cm³/mol. The molecular weight excluding hydrogens is 419 g/mol. The summed E-state index contributed by atoms with van der Waals surface area (Å²) in [5.74, 6) is 1.42. The third kappa shape index (κ3) is 3.88. The smallest absolute Gasteiger partial charge is 0.255 e. The molecule has 5 nitrogen and oxygen atoms in total. The highest BCUT2D eigenvalue weighted by Gasteiger charge is 2.19. The number of anilines is 1. The maximum atomic E-state index is 12.6. The number of amides is 1. The summed E-state index contributed by atoms with van der Waals surface area (Å²) >= 11 is 18.4. The highest BCUT2D eigenvalue weighted by molar-refractivity contribution is 6.42. The minimum atomic E-state index is -0.285. The van der Waals surface area contributed by atoms with E-state index >= 15 is 0 Å². The van der Waals surface area contributed by atoms with Gasteiger partial charge in [-0.15, -0.1) is 10.2 Å². The second kappa shape index (κ2) is 8.11. The number of aryl methyl sites for hydroxylation is 1. The van der Waals surface area contributed by atoms with E-state index in [1.807, 2.05) is 6.07 Å². The van der Waals surface area contributed by atoms with E-state index in [2.05, 4.69) is 20.1 Å². The minimum Gasteiger partial charge on any atom is -0.322 e. The number of benzene rings is 2. The molecule has 4 rings (SSSR count). The lowest BCUT2D eigenvalue weighted by Crippen LogP contribution is -2.12. The molecule has 1 amide bonds. The third-order valence-corrected chi connectivity index (χ3v) is 5.83. The van der Waals surface area contributed by atoms with E-state index in [0.29, 0.717) is 26.3 Å². The molecule has 0 aliphatic carbocycles. The molecule has 8 heteroatoms. The summed E-state index contributed by atoms with van der Waals surface area (Å²) in [5, 5.41) is 12.8. The summed E-state index contributed by atoms with van der Waals surface area (Å²) in [7, 11) is 0. The molecule has 0 fully saturated rings. The van der Waals surface area contributed by atoms with Crippen molar-refractivity contribution < 1.29 is 4.79 Å². The Kier molecular flexibility index (Phi) is 5.58. The van der Waals surface area contributed by atoms with Crippen LogP contribution in [-0.2, 0) is 13.0 Å². The van der Waals surface area contributed by atoms with Gasteiger partial charge in [0.25, 0.3) is 5.91 Å². The third-order valence-electron chi connectivity index (χ3n) is 4.76. The molecule has 0 bridgehead atoms. The van der Waals surface area contributed by atoms with E-state index in [1.54, 1.807) is 24.3 Å². The van der Waals surface area contributed by atoms with Gasteiger partial charge in [-0.3, -0.25) is 4.79 Å². The first-order valence-electron chi connectivity index (χ1n) is 9.01. The van der Waals surface area contributed by atoms with Crippen LogP contribution in [0.3, 0.4) is 0 Å². The van der Waals surface area contributed by atoms with Gasteiger partial charge in [-0.25, -0.2) is 0 Å². The number of nitrogens with one attached hydrogen (secondary N) is 1. The van der Waals surface area contributed by atoms with Crippen LogP contribution in [0.5, 0.6) is 0 Å². The zero-order chi connectivity index (χ0) is 19.7. The number of carbonyl (C=O) groups excluding carboxylic acids is 1. The first-order chi connectivity index (χ1) is 13.5. The predicted octanol–water partition coefficient (Wildman–Crippen LogP) is 5.88. The van der Waals surface area contributed by atoms with Crippen molar-refractivity contribution in [2.75, 3.05) is 5.32 Å². The number of hydrogen-bond acceptors (Lipinski definition) is 3. The molecule has 1 aromatic heterocycles. The van der Waals surface area contributed by atoms with Crippen LogP contribution in [0.2, 0.25) is 15.1 Å². The molecule has 144 valence electrons. The van der Waals surface area contributed by atoms with E-state index in [1.165, 1.54) is 12.5 Å². The summed E-state index contributed by atoms with van der Waals surface area (Å²) in [6.07, 6.45) is 4.30.